The van der Waals surface area contributed by atoms with Gasteiger partial charge in [-0.3, -0.25) is 4.79 Å². The van der Waals surface area contributed by atoms with E-state index >= 15 is 0 Å². The summed E-state index contributed by atoms with van der Waals surface area (Å²) in [5.41, 5.74) is 0.645. The Kier molecular flexibility index (Phi) is 8.22. The van der Waals surface area contributed by atoms with Crippen LogP contribution in [0.1, 0.15) is 36.5 Å². The van der Waals surface area contributed by atoms with E-state index in [1.807, 2.05) is 0 Å². The van der Waals surface area contributed by atoms with Gasteiger partial charge in [0.2, 0.25) is 0 Å². The third kappa shape index (κ3) is 5.44. The number of amides is 1. The van der Waals surface area contributed by atoms with Gasteiger partial charge in [0, 0.05) is 17.4 Å². The summed E-state index contributed by atoms with van der Waals surface area (Å²) in [6.07, 6.45) is 3.36. The number of hydrogen-bond donors (Lipinski definition) is 1. The molecular weight excluding hydrogens is 386 g/mol. The average molecular weight is 407 g/mol. The van der Waals surface area contributed by atoms with Crippen molar-refractivity contribution in [3.05, 3.63) is 28.2 Å². The first-order chi connectivity index (χ1) is 9.62. The van der Waals surface area contributed by atoms with Crippen LogP contribution in [0.25, 0.3) is 0 Å². The summed E-state index contributed by atoms with van der Waals surface area (Å²) in [6, 6.07) is 5.35. The second-order valence-electron chi connectivity index (χ2n) is 4.69. The maximum absolute atomic E-state index is 12.1. The van der Waals surface area contributed by atoms with E-state index in [1.165, 1.54) is 0 Å². The molecule has 0 aromatic heterocycles. The van der Waals surface area contributed by atoms with Gasteiger partial charge < -0.3 is 10.1 Å². The van der Waals surface area contributed by atoms with E-state index in [4.69, 9.17) is 4.74 Å². The molecular formula is C15H21Br2NO2. The average Bonchev–Trinajstić information content (AvgIpc) is 2.44. The third-order valence-electron chi connectivity index (χ3n) is 3.18. The van der Waals surface area contributed by atoms with Gasteiger partial charge in [0.25, 0.3) is 5.91 Å². The summed E-state index contributed by atoms with van der Waals surface area (Å²) in [7, 11) is 1.61. The first kappa shape index (κ1) is 17.5. The number of benzene rings is 1. The molecule has 0 aliphatic rings. The Morgan fingerprint density at radius 1 is 1.40 bits per heavy atom. The van der Waals surface area contributed by atoms with Gasteiger partial charge in [0.15, 0.2) is 0 Å². The molecule has 1 N–H and O–H groups in total. The first-order valence-electron chi connectivity index (χ1n) is 6.80. The van der Waals surface area contributed by atoms with E-state index in [2.05, 4.69) is 44.1 Å². The maximum atomic E-state index is 12.1. The van der Waals surface area contributed by atoms with Gasteiger partial charge in [-0.25, -0.2) is 0 Å². The van der Waals surface area contributed by atoms with Crippen LogP contribution < -0.4 is 10.1 Å². The minimum absolute atomic E-state index is 0.0379. The van der Waals surface area contributed by atoms with Gasteiger partial charge in [-0.15, -0.1) is 0 Å². The fourth-order valence-corrected chi connectivity index (χ4v) is 3.25. The highest BCUT2D eigenvalue weighted by Crippen LogP contribution is 2.25. The third-order valence-corrected chi connectivity index (χ3v) is 4.26. The van der Waals surface area contributed by atoms with E-state index < -0.39 is 0 Å². The molecule has 112 valence electrons. The highest BCUT2D eigenvalue weighted by Gasteiger charge is 2.12. The highest BCUT2D eigenvalue weighted by molar-refractivity contribution is 9.10. The lowest BCUT2D eigenvalue weighted by Gasteiger charge is -2.16. The van der Waals surface area contributed by atoms with Crippen molar-refractivity contribution in [2.75, 3.05) is 19.0 Å². The van der Waals surface area contributed by atoms with Crippen LogP contribution in [0.5, 0.6) is 5.75 Å². The summed E-state index contributed by atoms with van der Waals surface area (Å²) < 4.78 is 5.95. The van der Waals surface area contributed by atoms with Crippen LogP contribution in [0.3, 0.4) is 0 Å². The summed E-state index contributed by atoms with van der Waals surface area (Å²) >= 11 is 6.86. The Balaban J connectivity index is 2.59. The summed E-state index contributed by atoms with van der Waals surface area (Å²) in [5.74, 6) is 1.22. The Labute approximate surface area is 137 Å². The van der Waals surface area contributed by atoms with Gasteiger partial charge in [-0.05, 0) is 52.9 Å². The molecule has 0 aliphatic carbocycles. The van der Waals surface area contributed by atoms with Gasteiger partial charge >= 0.3 is 0 Å². The molecule has 5 heteroatoms. The summed E-state index contributed by atoms with van der Waals surface area (Å²) in [4.78, 5) is 12.1. The van der Waals surface area contributed by atoms with Gasteiger partial charge in [0.1, 0.15) is 5.75 Å². The van der Waals surface area contributed by atoms with E-state index in [-0.39, 0.29) is 5.91 Å². The van der Waals surface area contributed by atoms with Crippen LogP contribution in [0.15, 0.2) is 22.7 Å². The quantitative estimate of drug-likeness (QED) is 0.650. The minimum Gasteiger partial charge on any atom is -0.496 e. The Morgan fingerprint density at radius 2 is 2.15 bits per heavy atom. The molecule has 0 spiro atoms. The van der Waals surface area contributed by atoms with Crippen molar-refractivity contribution in [1.82, 2.24) is 5.32 Å². The molecule has 1 amide bonds. The zero-order valence-corrected chi connectivity index (χ0v) is 15.1. The number of carbonyl (C=O) groups is 1. The van der Waals surface area contributed by atoms with Crippen molar-refractivity contribution in [1.29, 1.82) is 0 Å². The first-order valence-corrected chi connectivity index (χ1v) is 8.71. The van der Waals surface area contributed by atoms with Crippen molar-refractivity contribution in [2.24, 2.45) is 5.92 Å². The lowest BCUT2D eigenvalue weighted by molar-refractivity contribution is 0.0946. The molecule has 0 fully saturated rings. The van der Waals surface area contributed by atoms with Crippen molar-refractivity contribution in [2.45, 2.75) is 26.2 Å². The van der Waals surface area contributed by atoms with E-state index in [9.17, 15) is 4.79 Å². The molecule has 1 aromatic rings. The van der Waals surface area contributed by atoms with Crippen molar-refractivity contribution >= 4 is 37.8 Å². The van der Waals surface area contributed by atoms with Gasteiger partial charge in [-0.1, -0.05) is 29.3 Å². The monoisotopic (exact) mass is 405 g/mol. The smallest absolute Gasteiger partial charge is 0.251 e. The molecule has 1 aromatic carbocycles. The minimum atomic E-state index is -0.0379. The van der Waals surface area contributed by atoms with Crippen molar-refractivity contribution < 1.29 is 9.53 Å². The number of alkyl halides is 1. The topological polar surface area (TPSA) is 38.3 Å². The highest BCUT2D eigenvalue weighted by atomic mass is 79.9. The van der Waals surface area contributed by atoms with Gasteiger partial charge in [0.05, 0.1) is 11.6 Å². The Hall–Kier alpha value is -0.550. The van der Waals surface area contributed by atoms with E-state index in [0.29, 0.717) is 11.5 Å². The number of nitrogens with one attached hydrogen (secondary N) is 1. The van der Waals surface area contributed by atoms with Crippen LogP contribution in [0, 0.1) is 5.92 Å². The van der Waals surface area contributed by atoms with E-state index in [0.717, 1.165) is 41.4 Å². The Morgan fingerprint density at radius 3 is 2.70 bits per heavy atom. The number of rotatable bonds is 8. The number of ether oxygens (including phenoxy) is 1. The summed E-state index contributed by atoms with van der Waals surface area (Å²) in [5, 5.41) is 3.99. The fraction of sp³-hybridized carbons (Fsp3) is 0.533. The van der Waals surface area contributed by atoms with E-state index in [1.54, 1.807) is 25.3 Å². The predicted molar refractivity (Wildman–Crippen MR) is 89.8 cm³/mol. The zero-order valence-electron chi connectivity index (χ0n) is 11.9. The van der Waals surface area contributed by atoms with Crippen molar-refractivity contribution in [3.8, 4) is 5.75 Å². The molecule has 1 atom stereocenters. The Bertz CT molecular complexity index is 432. The number of carbonyl (C=O) groups excluding carboxylic acids is 1. The zero-order chi connectivity index (χ0) is 15.0. The molecule has 1 unspecified atom stereocenters. The van der Waals surface area contributed by atoms with Crippen molar-refractivity contribution in [3.63, 3.8) is 0 Å². The molecule has 20 heavy (non-hydrogen) atoms. The lowest BCUT2D eigenvalue weighted by Crippen LogP contribution is -2.29. The molecule has 0 heterocycles. The van der Waals surface area contributed by atoms with Crippen LogP contribution in [0.2, 0.25) is 0 Å². The predicted octanol–water partition coefficient (Wildman–Crippen LogP) is 4.39. The number of halogens is 2. The van der Waals surface area contributed by atoms with Crippen LogP contribution in [-0.2, 0) is 0 Å². The largest absolute Gasteiger partial charge is 0.496 e. The molecule has 0 radical (unpaired) electrons. The van der Waals surface area contributed by atoms with Gasteiger partial charge in [-0.2, -0.15) is 0 Å². The fourth-order valence-electron chi connectivity index (χ4n) is 2.06. The standard InChI is InChI=1S/C15H21Br2NO2/c1-3-4-11(7-8-16)10-18-15(19)12-5-6-14(20-2)13(17)9-12/h5-6,9,11H,3-4,7-8,10H2,1-2H3,(H,18,19). The molecule has 0 saturated carbocycles. The second-order valence-corrected chi connectivity index (χ2v) is 6.34. The SMILES string of the molecule is CCCC(CCBr)CNC(=O)c1ccc(OC)c(Br)c1. The normalized spacial score (nSPS) is 12.0. The van der Waals surface area contributed by atoms with Crippen LogP contribution in [-0.4, -0.2) is 24.9 Å². The molecule has 1 rings (SSSR count). The van der Waals surface area contributed by atoms with Crippen LogP contribution >= 0.6 is 31.9 Å². The molecule has 0 saturated heterocycles. The number of hydrogen-bond acceptors (Lipinski definition) is 2. The summed E-state index contributed by atoms with van der Waals surface area (Å²) in [6.45, 7) is 2.89. The molecule has 0 aliphatic heterocycles. The van der Waals surface area contributed by atoms with Crippen LogP contribution in [0.4, 0.5) is 0 Å². The molecule has 3 nitrogen and oxygen atoms in total. The maximum Gasteiger partial charge on any atom is 0.251 e. The molecule has 0 bridgehead atoms. The second kappa shape index (κ2) is 9.40. The lowest BCUT2D eigenvalue weighted by atomic mass is 10.0. The number of methoxy groups -OCH3 is 1.